The first-order valence-electron chi connectivity index (χ1n) is 4.69. The summed E-state index contributed by atoms with van der Waals surface area (Å²) in [6.07, 6.45) is 6.31. The maximum Gasteiger partial charge on any atom is 0.180 e. The molecular formula is C13H9FN2. The summed E-state index contributed by atoms with van der Waals surface area (Å²) < 4.78 is 12.7. The van der Waals surface area contributed by atoms with E-state index in [-0.39, 0.29) is 11.4 Å². The van der Waals surface area contributed by atoms with Gasteiger partial charge in [-0.2, -0.15) is 0 Å². The SMILES string of the molecule is C#Cc1ccnc(N)c1F.c1cc2cc-2c1. The molecule has 3 heteroatoms. The molecule has 0 bridgehead atoms. The summed E-state index contributed by atoms with van der Waals surface area (Å²) in [4.78, 5) is 3.49. The molecule has 0 saturated carbocycles. The second kappa shape index (κ2) is 4.03. The van der Waals surface area contributed by atoms with Gasteiger partial charge in [-0.1, -0.05) is 24.1 Å². The number of hydrogen-bond donors (Lipinski definition) is 1. The number of terminal acetylenes is 1. The number of nitrogens with zero attached hydrogens (tertiary/aromatic N) is 1. The molecule has 1 heterocycles. The van der Waals surface area contributed by atoms with Gasteiger partial charge in [0.15, 0.2) is 11.6 Å². The summed E-state index contributed by atoms with van der Waals surface area (Å²) in [5.74, 6) is 1.36. The fourth-order valence-corrected chi connectivity index (χ4v) is 1.25. The molecule has 0 aromatic carbocycles. The number of halogens is 1. The van der Waals surface area contributed by atoms with Gasteiger partial charge in [-0.25, -0.2) is 9.37 Å². The smallest absolute Gasteiger partial charge is 0.180 e. The Morgan fingerprint density at radius 2 is 1.94 bits per heavy atom. The molecule has 1 aromatic rings. The highest BCUT2D eigenvalue weighted by Crippen LogP contribution is 2.32. The lowest BCUT2D eigenvalue weighted by Crippen LogP contribution is -1.96. The summed E-state index contributed by atoms with van der Waals surface area (Å²) >= 11 is 0. The van der Waals surface area contributed by atoms with E-state index >= 15 is 0 Å². The van der Waals surface area contributed by atoms with Crippen molar-refractivity contribution in [2.45, 2.75) is 0 Å². The van der Waals surface area contributed by atoms with E-state index in [4.69, 9.17) is 12.2 Å². The number of hydrogen-bond acceptors (Lipinski definition) is 2. The largest absolute Gasteiger partial charge is 0.381 e. The van der Waals surface area contributed by atoms with Crippen molar-refractivity contribution < 1.29 is 4.39 Å². The number of pyridine rings is 1. The van der Waals surface area contributed by atoms with Crippen LogP contribution in [0.3, 0.4) is 0 Å². The maximum atomic E-state index is 12.7. The number of rotatable bonds is 0. The molecule has 1 aromatic heterocycles. The van der Waals surface area contributed by atoms with Crippen molar-refractivity contribution in [1.29, 1.82) is 0 Å². The van der Waals surface area contributed by atoms with E-state index in [0.717, 1.165) is 0 Å². The van der Waals surface area contributed by atoms with E-state index in [1.54, 1.807) is 0 Å². The number of nitrogen functional groups attached to an aromatic ring is 1. The molecule has 2 aliphatic rings. The van der Waals surface area contributed by atoms with E-state index in [1.807, 2.05) is 0 Å². The van der Waals surface area contributed by atoms with Crippen molar-refractivity contribution >= 4 is 5.82 Å². The molecule has 0 aliphatic heterocycles. The van der Waals surface area contributed by atoms with Crippen LogP contribution >= 0.6 is 0 Å². The van der Waals surface area contributed by atoms with Crippen molar-refractivity contribution in [3.63, 3.8) is 0 Å². The molecule has 16 heavy (non-hydrogen) atoms. The average Bonchev–Trinajstić information content (AvgIpc) is 2.91. The lowest BCUT2D eigenvalue weighted by Gasteiger charge is -1.95. The van der Waals surface area contributed by atoms with Gasteiger partial charge in [0.05, 0.1) is 5.56 Å². The lowest BCUT2D eigenvalue weighted by atomic mass is 10.2. The van der Waals surface area contributed by atoms with Gasteiger partial charge >= 0.3 is 0 Å². The third-order valence-electron chi connectivity index (χ3n) is 2.18. The fraction of sp³-hybridized carbons (Fsp3) is 0. The lowest BCUT2D eigenvalue weighted by molar-refractivity contribution is 0.624. The third kappa shape index (κ3) is 2.01. The third-order valence-corrected chi connectivity index (χ3v) is 2.18. The van der Waals surface area contributed by atoms with Crippen molar-refractivity contribution in [3.05, 3.63) is 47.9 Å². The molecule has 0 spiro atoms. The second-order valence-electron chi connectivity index (χ2n) is 3.28. The van der Waals surface area contributed by atoms with Gasteiger partial charge in [0.25, 0.3) is 0 Å². The van der Waals surface area contributed by atoms with E-state index < -0.39 is 5.82 Å². The zero-order chi connectivity index (χ0) is 11.5. The maximum absolute atomic E-state index is 12.7. The molecule has 78 valence electrons. The average molecular weight is 212 g/mol. The normalized spacial score (nSPS) is 9.75. The minimum absolute atomic E-state index is 0.146. The van der Waals surface area contributed by atoms with E-state index in [0.29, 0.717) is 0 Å². The molecular weight excluding hydrogens is 203 g/mol. The zero-order valence-electron chi connectivity index (χ0n) is 8.44. The molecule has 0 unspecified atom stereocenters. The van der Waals surface area contributed by atoms with Gasteiger partial charge in [-0.05, 0) is 23.3 Å². The first kappa shape index (κ1) is 10.2. The summed E-state index contributed by atoms with van der Waals surface area (Å²) in [6, 6.07) is 9.88. The first-order valence-corrected chi connectivity index (χ1v) is 4.69. The number of aromatic nitrogens is 1. The predicted molar refractivity (Wildman–Crippen MR) is 62.0 cm³/mol. The number of nitrogens with two attached hydrogens (primary N) is 1. The van der Waals surface area contributed by atoms with Gasteiger partial charge in [-0.3, -0.25) is 0 Å². The highest BCUT2D eigenvalue weighted by atomic mass is 19.1. The molecule has 0 saturated heterocycles. The minimum atomic E-state index is -0.620. The molecule has 0 radical (unpaired) electrons. The van der Waals surface area contributed by atoms with Crippen LogP contribution in [-0.2, 0) is 0 Å². The van der Waals surface area contributed by atoms with Crippen molar-refractivity contribution in [1.82, 2.24) is 4.98 Å². The van der Waals surface area contributed by atoms with Crippen LogP contribution in [0.4, 0.5) is 10.2 Å². The van der Waals surface area contributed by atoms with Crippen molar-refractivity contribution in [3.8, 4) is 23.5 Å². The highest BCUT2D eigenvalue weighted by Gasteiger charge is 2.07. The first-order chi connectivity index (χ1) is 7.72. The van der Waals surface area contributed by atoms with Crippen LogP contribution in [0.2, 0.25) is 0 Å². The fourth-order valence-electron chi connectivity index (χ4n) is 1.25. The van der Waals surface area contributed by atoms with Gasteiger partial charge in [-0.15, -0.1) is 6.42 Å². The highest BCUT2D eigenvalue weighted by molar-refractivity contribution is 5.80. The Hall–Kier alpha value is -2.34. The Balaban J connectivity index is 0.000000134. The quantitative estimate of drug-likeness (QED) is 0.581. The van der Waals surface area contributed by atoms with Crippen LogP contribution in [0.25, 0.3) is 11.1 Å². The Kier molecular flexibility index (Phi) is 2.57. The van der Waals surface area contributed by atoms with Gasteiger partial charge in [0.2, 0.25) is 0 Å². The Bertz CT molecular complexity index is 553. The van der Waals surface area contributed by atoms with Crippen LogP contribution in [0.15, 0.2) is 36.5 Å². The topological polar surface area (TPSA) is 38.9 Å². The van der Waals surface area contributed by atoms with Crippen LogP contribution in [-0.4, -0.2) is 4.98 Å². The Labute approximate surface area is 92.9 Å². The molecule has 3 rings (SSSR count). The molecule has 0 amide bonds. The van der Waals surface area contributed by atoms with Crippen LogP contribution in [0, 0.1) is 18.2 Å². The van der Waals surface area contributed by atoms with Crippen LogP contribution in [0.1, 0.15) is 5.56 Å². The monoisotopic (exact) mass is 212 g/mol. The standard InChI is InChI=1S/C7H5FN2.C6H4/c1-2-5-3-4-10-7(9)6(5)8;1-2-5-4-6(5)3-1/h1,3-4H,(H2,9,10);1-4H. The number of benzene rings is 1. The van der Waals surface area contributed by atoms with Crippen LogP contribution in [0.5, 0.6) is 0 Å². The van der Waals surface area contributed by atoms with Crippen molar-refractivity contribution in [2.24, 2.45) is 0 Å². The molecule has 2 N–H and O–H groups in total. The van der Waals surface area contributed by atoms with E-state index in [9.17, 15) is 4.39 Å². The molecule has 2 nitrogen and oxygen atoms in total. The van der Waals surface area contributed by atoms with Gasteiger partial charge in [0, 0.05) is 6.20 Å². The summed E-state index contributed by atoms with van der Waals surface area (Å²) in [5.41, 5.74) is 8.11. The van der Waals surface area contributed by atoms with Gasteiger partial charge < -0.3 is 5.73 Å². The summed E-state index contributed by atoms with van der Waals surface area (Å²) in [7, 11) is 0. The molecule has 0 atom stereocenters. The van der Waals surface area contributed by atoms with E-state index in [1.165, 1.54) is 23.4 Å². The summed E-state index contributed by atoms with van der Waals surface area (Å²) in [5, 5.41) is 0. The van der Waals surface area contributed by atoms with Crippen molar-refractivity contribution in [2.75, 3.05) is 5.73 Å². The summed E-state index contributed by atoms with van der Waals surface area (Å²) in [6.45, 7) is 0. The minimum Gasteiger partial charge on any atom is -0.381 e. The molecule has 0 fully saturated rings. The van der Waals surface area contributed by atoms with Gasteiger partial charge in [0.1, 0.15) is 0 Å². The predicted octanol–water partition coefficient (Wildman–Crippen LogP) is 2.45. The van der Waals surface area contributed by atoms with Crippen LogP contribution < -0.4 is 5.73 Å². The van der Waals surface area contributed by atoms with E-state index in [2.05, 4.69) is 35.2 Å². The second-order valence-corrected chi connectivity index (χ2v) is 3.28. The number of fused-ring (bicyclic) bond motifs is 1. The molecule has 2 aliphatic carbocycles. The zero-order valence-corrected chi connectivity index (χ0v) is 8.44. The Morgan fingerprint density at radius 1 is 1.25 bits per heavy atom. The Morgan fingerprint density at radius 3 is 2.31 bits per heavy atom. The number of anilines is 1.